The molecule has 0 atom stereocenters. The summed E-state index contributed by atoms with van der Waals surface area (Å²) in [5.74, 6) is 0. The van der Waals surface area contributed by atoms with E-state index in [2.05, 4.69) is 10.6 Å². The summed E-state index contributed by atoms with van der Waals surface area (Å²) in [6.45, 7) is 1.54. The second-order valence-electron chi connectivity index (χ2n) is 3.82. The van der Waals surface area contributed by atoms with E-state index in [9.17, 15) is 0 Å². The predicted molar refractivity (Wildman–Crippen MR) is 70.4 cm³/mol. The van der Waals surface area contributed by atoms with Crippen LogP contribution in [0.2, 0.25) is 0 Å². The van der Waals surface area contributed by atoms with E-state index in [-0.39, 0.29) is 0 Å². The number of hydrogen-bond acceptors (Lipinski definition) is 4. The second kappa shape index (κ2) is 5.21. The van der Waals surface area contributed by atoms with Gasteiger partial charge >= 0.3 is 0 Å². The fraction of sp³-hybridized carbons (Fsp3) is 0.154. The lowest BCUT2D eigenvalue weighted by molar-refractivity contribution is 0.958. The van der Waals surface area contributed by atoms with Gasteiger partial charge in [-0.2, -0.15) is 0 Å². The molecule has 0 aliphatic carbocycles. The zero-order valence-corrected chi connectivity index (χ0v) is 9.53. The third-order valence-corrected chi connectivity index (χ3v) is 2.59. The molecule has 0 amide bonds. The van der Waals surface area contributed by atoms with Crippen molar-refractivity contribution in [2.75, 3.05) is 13.1 Å². The zero-order chi connectivity index (χ0) is 12.1. The van der Waals surface area contributed by atoms with Crippen LogP contribution in [0.15, 0.2) is 59.6 Å². The van der Waals surface area contributed by atoms with E-state index < -0.39 is 0 Å². The summed E-state index contributed by atoms with van der Waals surface area (Å²) < 4.78 is 0. The van der Waals surface area contributed by atoms with Crippen molar-refractivity contribution in [2.45, 2.75) is 0 Å². The average Bonchev–Trinajstić information content (AvgIpc) is 2.40. The molecule has 0 saturated heterocycles. The lowest BCUT2D eigenvalue weighted by Crippen LogP contribution is -2.14. The van der Waals surface area contributed by atoms with Gasteiger partial charge in [-0.3, -0.25) is 0 Å². The molecule has 0 aromatic heterocycles. The third kappa shape index (κ3) is 2.87. The number of dihydropyridines is 2. The summed E-state index contributed by atoms with van der Waals surface area (Å²) in [5.41, 5.74) is 8.88. The van der Waals surface area contributed by atoms with E-state index >= 15 is 0 Å². The molecule has 4 heteroatoms. The molecule has 5 N–H and O–H groups in total. The average molecular weight is 228 g/mol. The van der Waals surface area contributed by atoms with Gasteiger partial charge in [0.25, 0.3) is 0 Å². The lowest BCUT2D eigenvalue weighted by Gasteiger charge is -2.10. The van der Waals surface area contributed by atoms with Gasteiger partial charge in [-0.15, -0.1) is 0 Å². The molecular formula is C13H16N4. The summed E-state index contributed by atoms with van der Waals surface area (Å²) in [7, 11) is 0. The Morgan fingerprint density at radius 3 is 2.24 bits per heavy atom. The van der Waals surface area contributed by atoms with Crippen LogP contribution in [0.25, 0.3) is 0 Å². The number of nitrogens with two attached hydrogens (primary N) is 1. The first-order valence-corrected chi connectivity index (χ1v) is 5.54. The van der Waals surface area contributed by atoms with Gasteiger partial charge in [0.1, 0.15) is 0 Å². The van der Waals surface area contributed by atoms with E-state index in [0.717, 1.165) is 24.2 Å². The van der Waals surface area contributed by atoms with E-state index in [1.54, 1.807) is 6.08 Å². The summed E-state index contributed by atoms with van der Waals surface area (Å²) in [4.78, 5) is 0. The summed E-state index contributed by atoms with van der Waals surface area (Å²) >= 11 is 0. The number of allylic oxidation sites excluding steroid dienone is 4. The first kappa shape index (κ1) is 11.3. The van der Waals surface area contributed by atoms with Gasteiger partial charge in [0.05, 0.1) is 5.71 Å². The van der Waals surface area contributed by atoms with Crippen LogP contribution in [0.3, 0.4) is 0 Å². The Morgan fingerprint density at radius 1 is 1.12 bits per heavy atom. The first-order valence-electron chi connectivity index (χ1n) is 5.54. The third-order valence-electron chi connectivity index (χ3n) is 2.59. The SMILES string of the molecule is N=C(/C=C(\N)C1=CCNC=C1)C1=CCNC=C1. The second-order valence-corrected chi connectivity index (χ2v) is 3.82. The maximum absolute atomic E-state index is 7.96. The molecule has 2 heterocycles. The molecule has 2 rings (SSSR count). The van der Waals surface area contributed by atoms with Gasteiger partial charge in [0.2, 0.25) is 0 Å². The maximum Gasteiger partial charge on any atom is 0.0630 e. The van der Waals surface area contributed by atoms with Crippen molar-refractivity contribution in [1.29, 1.82) is 5.41 Å². The number of nitrogens with one attached hydrogen (secondary N) is 3. The molecule has 88 valence electrons. The van der Waals surface area contributed by atoms with E-state index in [0.29, 0.717) is 11.4 Å². The van der Waals surface area contributed by atoms with Crippen molar-refractivity contribution in [3.8, 4) is 0 Å². The van der Waals surface area contributed by atoms with E-state index in [4.69, 9.17) is 11.1 Å². The Hall–Kier alpha value is -2.23. The highest BCUT2D eigenvalue weighted by Gasteiger charge is 2.05. The zero-order valence-electron chi connectivity index (χ0n) is 9.53. The van der Waals surface area contributed by atoms with Crippen LogP contribution in [-0.4, -0.2) is 18.8 Å². The molecule has 0 radical (unpaired) electrons. The molecule has 0 fully saturated rings. The molecule has 0 aromatic rings. The largest absolute Gasteiger partial charge is 0.398 e. The fourth-order valence-electron chi connectivity index (χ4n) is 1.64. The molecule has 4 nitrogen and oxygen atoms in total. The molecule has 17 heavy (non-hydrogen) atoms. The normalized spacial score (nSPS) is 18.9. The Bertz CT molecular complexity index is 464. The monoisotopic (exact) mass is 228 g/mol. The van der Waals surface area contributed by atoms with Crippen LogP contribution >= 0.6 is 0 Å². The molecule has 2 aliphatic rings. The van der Waals surface area contributed by atoms with Crippen LogP contribution in [0, 0.1) is 5.41 Å². The highest BCUT2D eigenvalue weighted by atomic mass is 14.8. The Labute approximate surface area is 101 Å². The predicted octanol–water partition coefficient (Wildman–Crippen LogP) is 0.935. The van der Waals surface area contributed by atoms with Crippen LogP contribution in [0.1, 0.15) is 0 Å². The van der Waals surface area contributed by atoms with Gasteiger partial charge in [-0.05, 0) is 41.8 Å². The highest BCUT2D eigenvalue weighted by Crippen LogP contribution is 2.11. The molecule has 0 unspecified atom stereocenters. The van der Waals surface area contributed by atoms with E-state index in [1.807, 2.05) is 36.7 Å². The summed E-state index contributed by atoms with van der Waals surface area (Å²) in [6, 6.07) is 0. The minimum Gasteiger partial charge on any atom is -0.398 e. The lowest BCUT2D eigenvalue weighted by atomic mass is 10.0. The maximum atomic E-state index is 7.96. The number of hydrogen-bond donors (Lipinski definition) is 4. The van der Waals surface area contributed by atoms with E-state index in [1.165, 1.54) is 0 Å². The molecule has 0 spiro atoms. The highest BCUT2D eigenvalue weighted by molar-refractivity contribution is 6.09. The minimum atomic E-state index is 0.438. The Balaban J connectivity index is 2.10. The van der Waals surface area contributed by atoms with Crippen LogP contribution in [-0.2, 0) is 0 Å². The van der Waals surface area contributed by atoms with Crippen molar-refractivity contribution < 1.29 is 0 Å². The first-order chi connectivity index (χ1) is 8.27. The fourth-order valence-corrected chi connectivity index (χ4v) is 1.64. The standard InChI is InChI=1S/C13H16N4/c14-12(10-1-5-16-6-2-10)9-13(15)11-3-7-17-8-4-11/h1-5,7,9,14,16-17H,6,8,15H2/b13-9-,14-12?. The van der Waals surface area contributed by atoms with Crippen molar-refractivity contribution in [1.82, 2.24) is 10.6 Å². The number of rotatable bonds is 3. The minimum absolute atomic E-state index is 0.438. The summed E-state index contributed by atoms with van der Waals surface area (Å²) in [5, 5.41) is 14.1. The Morgan fingerprint density at radius 2 is 1.71 bits per heavy atom. The van der Waals surface area contributed by atoms with Gasteiger partial charge in [0, 0.05) is 18.8 Å². The van der Waals surface area contributed by atoms with Crippen molar-refractivity contribution in [3.63, 3.8) is 0 Å². The van der Waals surface area contributed by atoms with Crippen molar-refractivity contribution in [2.24, 2.45) is 5.73 Å². The van der Waals surface area contributed by atoms with Gasteiger partial charge in [0.15, 0.2) is 0 Å². The van der Waals surface area contributed by atoms with Crippen molar-refractivity contribution in [3.05, 3.63) is 59.6 Å². The Kier molecular flexibility index (Phi) is 3.45. The van der Waals surface area contributed by atoms with Gasteiger partial charge < -0.3 is 21.8 Å². The quantitative estimate of drug-likeness (QED) is 0.543. The summed E-state index contributed by atoms with van der Waals surface area (Å²) in [6.07, 6.45) is 13.2. The van der Waals surface area contributed by atoms with Crippen LogP contribution in [0.5, 0.6) is 0 Å². The van der Waals surface area contributed by atoms with Crippen LogP contribution < -0.4 is 16.4 Å². The topological polar surface area (TPSA) is 73.9 Å². The molecule has 0 saturated carbocycles. The molecule has 2 aliphatic heterocycles. The van der Waals surface area contributed by atoms with Gasteiger partial charge in [-0.25, -0.2) is 0 Å². The molecule has 0 bridgehead atoms. The smallest absolute Gasteiger partial charge is 0.0630 e. The molecular weight excluding hydrogens is 212 g/mol. The molecule has 0 aromatic carbocycles. The van der Waals surface area contributed by atoms with Crippen LogP contribution in [0.4, 0.5) is 0 Å². The van der Waals surface area contributed by atoms with Crippen molar-refractivity contribution >= 4 is 5.71 Å². The van der Waals surface area contributed by atoms with Gasteiger partial charge in [-0.1, -0.05) is 12.2 Å².